The van der Waals surface area contributed by atoms with Crippen molar-refractivity contribution in [1.82, 2.24) is 0 Å². The monoisotopic (exact) mass is 254 g/mol. The van der Waals surface area contributed by atoms with E-state index in [2.05, 4.69) is 20.8 Å². The molecule has 0 radical (unpaired) electrons. The number of hydrogen-bond donors (Lipinski definition) is 1. The van der Waals surface area contributed by atoms with Gasteiger partial charge in [-0.05, 0) is 50.8 Å². The highest BCUT2D eigenvalue weighted by atomic mass is 16.7. The molecular formula is C14H27BO3. The molecule has 2 fully saturated rings. The molecule has 1 saturated carbocycles. The van der Waals surface area contributed by atoms with Gasteiger partial charge in [0.25, 0.3) is 0 Å². The Morgan fingerprint density at radius 2 is 2.11 bits per heavy atom. The summed E-state index contributed by atoms with van der Waals surface area (Å²) in [5, 5.41) is 9.61. The van der Waals surface area contributed by atoms with Gasteiger partial charge in [-0.15, -0.1) is 0 Å². The normalized spacial score (nSPS) is 36.5. The summed E-state index contributed by atoms with van der Waals surface area (Å²) in [6.45, 7) is 8.82. The summed E-state index contributed by atoms with van der Waals surface area (Å²) < 4.78 is 12.2. The van der Waals surface area contributed by atoms with Gasteiger partial charge < -0.3 is 14.4 Å². The summed E-state index contributed by atoms with van der Waals surface area (Å²) in [5.74, 6) is 0. The van der Waals surface area contributed by atoms with Crippen LogP contribution in [0.5, 0.6) is 0 Å². The average molecular weight is 254 g/mol. The van der Waals surface area contributed by atoms with Gasteiger partial charge in [0.05, 0.1) is 17.8 Å². The predicted molar refractivity (Wildman–Crippen MR) is 73.5 cm³/mol. The van der Waals surface area contributed by atoms with Crippen LogP contribution in [0.2, 0.25) is 6.32 Å². The molecule has 3 atom stereocenters. The molecule has 1 aliphatic carbocycles. The standard InChI is InChI=1S/C14H27BO3/c1-5-11(16)7-9-15-17-12-6-8-13(2,3)10-14(12,4)18-15/h11-12,16H,5-10H2,1-4H3. The van der Waals surface area contributed by atoms with Crippen LogP contribution in [-0.4, -0.2) is 30.0 Å². The fourth-order valence-electron chi connectivity index (χ4n) is 3.48. The van der Waals surface area contributed by atoms with Crippen LogP contribution in [0, 0.1) is 5.41 Å². The molecule has 0 bridgehead atoms. The van der Waals surface area contributed by atoms with Gasteiger partial charge in [0, 0.05) is 0 Å². The van der Waals surface area contributed by atoms with Crippen molar-refractivity contribution in [2.24, 2.45) is 5.41 Å². The molecular weight excluding hydrogens is 227 g/mol. The average Bonchev–Trinajstić information content (AvgIpc) is 2.59. The Kier molecular flexibility index (Phi) is 4.10. The molecule has 1 N–H and O–H groups in total. The Bertz CT molecular complexity index is 295. The third-order valence-electron chi connectivity index (χ3n) is 4.52. The minimum Gasteiger partial charge on any atom is -0.405 e. The van der Waals surface area contributed by atoms with E-state index >= 15 is 0 Å². The maximum Gasteiger partial charge on any atom is 0.457 e. The second kappa shape index (κ2) is 5.14. The molecule has 0 aromatic carbocycles. The zero-order valence-corrected chi connectivity index (χ0v) is 12.2. The van der Waals surface area contributed by atoms with Gasteiger partial charge in [-0.3, -0.25) is 0 Å². The Morgan fingerprint density at radius 3 is 2.78 bits per heavy atom. The molecule has 3 unspecified atom stereocenters. The van der Waals surface area contributed by atoms with E-state index in [9.17, 15) is 5.11 Å². The smallest absolute Gasteiger partial charge is 0.405 e. The summed E-state index contributed by atoms with van der Waals surface area (Å²) in [5.41, 5.74) is 0.232. The van der Waals surface area contributed by atoms with Crippen LogP contribution in [0.1, 0.15) is 59.8 Å². The van der Waals surface area contributed by atoms with Crippen molar-refractivity contribution >= 4 is 7.12 Å². The van der Waals surface area contributed by atoms with Crippen LogP contribution in [0.25, 0.3) is 0 Å². The summed E-state index contributed by atoms with van der Waals surface area (Å²) in [6, 6.07) is 0. The van der Waals surface area contributed by atoms with Crippen LogP contribution in [-0.2, 0) is 9.31 Å². The lowest BCUT2D eigenvalue weighted by molar-refractivity contribution is -0.0298. The molecule has 0 amide bonds. The van der Waals surface area contributed by atoms with Crippen LogP contribution < -0.4 is 0 Å². The van der Waals surface area contributed by atoms with E-state index < -0.39 is 0 Å². The van der Waals surface area contributed by atoms with Gasteiger partial charge in [-0.25, -0.2) is 0 Å². The molecule has 1 aliphatic heterocycles. The van der Waals surface area contributed by atoms with E-state index in [1.807, 2.05) is 6.92 Å². The molecule has 2 rings (SSSR count). The lowest BCUT2D eigenvalue weighted by Crippen LogP contribution is -2.45. The number of aliphatic hydroxyl groups is 1. The Balaban J connectivity index is 1.90. The largest absolute Gasteiger partial charge is 0.457 e. The maximum atomic E-state index is 9.61. The highest BCUT2D eigenvalue weighted by Gasteiger charge is 2.52. The second-order valence-corrected chi connectivity index (χ2v) is 7.00. The summed E-state index contributed by atoms with van der Waals surface area (Å²) >= 11 is 0. The summed E-state index contributed by atoms with van der Waals surface area (Å²) in [7, 11) is -0.116. The minimum atomic E-state index is -0.218. The van der Waals surface area contributed by atoms with Crippen LogP contribution >= 0.6 is 0 Å². The molecule has 1 saturated heterocycles. The molecule has 0 aromatic heterocycles. The molecule has 1 heterocycles. The first-order valence-corrected chi connectivity index (χ1v) is 7.36. The molecule has 18 heavy (non-hydrogen) atoms. The van der Waals surface area contributed by atoms with E-state index in [0.717, 1.165) is 32.0 Å². The SMILES string of the molecule is CCC(O)CCB1OC2CCC(C)(C)CC2(C)O1. The number of rotatable bonds is 4. The summed E-state index contributed by atoms with van der Waals surface area (Å²) in [6.07, 6.45) is 5.78. The van der Waals surface area contributed by atoms with Gasteiger partial charge >= 0.3 is 7.12 Å². The van der Waals surface area contributed by atoms with Crippen LogP contribution in [0.3, 0.4) is 0 Å². The fraction of sp³-hybridized carbons (Fsp3) is 1.00. The van der Waals surface area contributed by atoms with Crippen LogP contribution in [0.4, 0.5) is 0 Å². The molecule has 0 aromatic rings. The zero-order valence-electron chi connectivity index (χ0n) is 12.2. The van der Waals surface area contributed by atoms with Crippen molar-refractivity contribution in [2.75, 3.05) is 0 Å². The predicted octanol–water partition coefficient (Wildman–Crippen LogP) is 3.02. The van der Waals surface area contributed by atoms with Crippen molar-refractivity contribution in [3.63, 3.8) is 0 Å². The number of hydrogen-bond acceptors (Lipinski definition) is 3. The fourth-order valence-corrected chi connectivity index (χ4v) is 3.48. The van der Waals surface area contributed by atoms with E-state index in [1.54, 1.807) is 0 Å². The topological polar surface area (TPSA) is 38.7 Å². The lowest BCUT2D eigenvalue weighted by Gasteiger charge is -2.43. The first-order chi connectivity index (χ1) is 8.35. The third kappa shape index (κ3) is 3.09. The molecule has 2 aliphatic rings. The van der Waals surface area contributed by atoms with Crippen molar-refractivity contribution in [1.29, 1.82) is 0 Å². The Morgan fingerprint density at radius 1 is 1.39 bits per heavy atom. The number of aliphatic hydroxyl groups excluding tert-OH is 1. The molecule has 3 nitrogen and oxygen atoms in total. The first kappa shape index (κ1) is 14.4. The van der Waals surface area contributed by atoms with Gasteiger partial charge in [-0.1, -0.05) is 20.8 Å². The zero-order chi connectivity index (χ0) is 13.4. The highest BCUT2D eigenvalue weighted by Crippen LogP contribution is 2.47. The van der Waals surface area contributed by atoms with Crippen LogP contribution in [0.15, 0.2) is 0 Å². The van der Waals surface area contributed by atoms with Crippen molar-refractivity contribution in [3.05, 3.63) is 0 Å². The molecule has 0 spiro atoms. The van der Waals surface area contributed by atoms with E-state index in [1.165, 1.54) is 6.42 Å². The van der Waals surface area contributed by atoms with E-state index in [4.69, 9.17) is 9.31 Å². The van der Waals surface area contributed by atoms with Crippen molar-refractivity contribution < 1.29 is 14.4 Å². The third-order valence-corrected chi connectivity index (χ3v) is 4.52. The maximum absolute atomic E-state index is 9.61. The lowest BCUT2D eigenvalue weighted by atomic mass is 9.69. The molecule has 104 valence electrons. The Labute approximate surface area is 111 Å². The summed E-state index contributed by atoms with van der Waals surface area (Å²) in [4.78, 5) is 0. The minimum absolute atomic E-state index is 0.116. The van der Waals surface area contributed by atoms with E-state index in [0.29, 0.717) is 5.41 Å². The quantitative estimate of drug-likeness (QED) is 0.784. The van der Waals surface area contributed by atoms with Crippen molar-refractivity contribution in [2.45, 2.75) is 83.9 Å². The Hall–Kier alpha value is -0.0551. The highest BCUT2D eigenvalue weighted by molar-refractivity contribution is 6.45. The van der Waals surface area contributed by atoms with Gasteiger partial charge in [0.1, 0.15) is 0 Å². The van der Waals surface area contributed by atoms with Gasteiger partial charge in [0.2, 0.25) is 0 Å². The molecule has 4 heteroatoms. The van der Waals surface area contributed by atoms with Gasteiger partial charge in [0.15, 0.2) is 0 Å². The number of fused-ring (bicyclic) bond motifs is 1. The van der Waals surface area contributed by atoms with Gasteiger partial charge in [-0.2, -0.15) is 0 Å². The van der Waals surface area contributed by atoms with E-state index in [-0.39, 0.29) is 24.9 Å². The second-order valence-electron chi connectivity index (χ2n) is 7.00. The first-order valence-electron chi connectivity index (χ1n) is 7.36. The van der Waals surface area contributed by atoms with Crippen molar-refractivity contribution in [3.8, 4) is 0 Å².